The summed E-state index contributed by atoms with van der Waals surface area (Å²) in [5.41, 5.74) is 2.65. The molecule has 0 aliphatic carbocycles. The highest BCUT2D eigenvalue weighted by Crippen LogP contribution is 2.31. The third-order valence-electron chi connectivity index (χ3n) is 4.93. The number of rotatable bonds is 4. The Morgan fingerprint density at radius 1 is 1.25 bits per heavy atom. The monoisotopic (exact) mass is 346 g/mol. The van der Waals surface area contributed by atoms with Gasteiger partial charge in [-0.15, -0.1) is 10.2 Å². The largest absolute Gasteiger partial charge is 0.493 e. The number of aliphatic hydroxyl groups excluding tert-OH is 1. The van der Waals surface area contributed by atoms with Crippen LogP contribution in [0.2, 0.25) is 0 Å². The highest BCUT2D eigenvalue weighted by atomic mass is 32.1. The van der Waals surface area contributed by atoms with Crippen molar-refractivity contribution in [2.75, 3.05) is 37.7 Å². The van der Waals surface area contributed by atoms with E-state index < -0.39 is 0 Å². The molecule has 6 nitrogen and oxygen atoms in total. The minimum atomic E-state index is -0.0327. The van der Waals surface area contributed by atoms with E-state index in [-0.39, 0.29) is 6.61 Å². The molecule has 0 amide bonds. The SMILES string of the molecule is C[C@H](c1ccc2c(c1)OCC2)N1CCN(c2nnc(CO)s2)CC1. The molecule has 1 saturated heterocycles. The first-order chi connectivity index (χ1) is 11.7. The fourth-order valence-electron chi connectivity index (χ4n) is 3.39. The number of aromatic nitrogens is 2. The van der Waals surface area contributed by atoms with Crippen molar-refractivity contribution in [3.63, 3.8) is 0 Å². The molecule has 128 valence electrons. The van der Waals surface area contributed by atoms with Gasteiger partial charge in [0.15, 0.2) is 0 Å². The van der Waals surface area contributed by atoms with E-state index >= 15 is 0 Å². The summed E-state index contributed by atoms with van der Waals surface area (Å²) in [5, 5.41) is 18.9. The molecule has 2 aliphatic heterocycles. The van der Waals surface area contributed by atoms with Crippen LogP contribution in [-0.2, 0) is 13.0 Å². The normalized spacial score (nSPS) is 19.2. The second-order valence-corrected chi connectivity index (χ2v) is 7.34. The summed E-state index contributed by atoms with van der Waals surface area (Å²) in [5.74, 6) is 1.06. The lowest BCUT2D eigenvalue weighted by Gasteiger charge is -2.38. The number of nitrogens with zero attached hydrogens (tertiary/aromatic N) is 4. The number of hydrogen-bond donors (Lipinski definition) is 1. The van der Waals surface area contributed by atoms with Gasteiger partial charge in [0.2, 0.25) is 5.13 Å². The average molecular weight is 346 g/mol. The van der Waals surface area contributed by atoms with Crippen LogP contribution >= 0.6 is 11.3 Å². The molecule has 1 fully saturated rings. The van der Waals surface area contributed by atoms with E-state index in [1.54, 1.807) is 0 Å². The summed E-state index contributed by atoms with van der Waals surface area (Å²) < 4.78 is 5.70. The lowest BCUT2D eigenvalue weighted by Crippen LogP contribution is -2.47. The molecule has 1 aromatic heterocycles. The fourth-order valence-corrected chi connectivity index (χ4v) is 4.14. The van der Waals surface area contributed by atoms with Crippen molar-refractivity contribution < 1.29 is 9.84 Å². The maximum atomic E-state index is 9.13. The molecule has 1 aromatic carbocycles. The van der Waals surface area contributed by atoms with E-state index in [1.165, 1.54) is 22.5 Å². The lowest BCUT2D eigenvalue weighted by atomic mass is 10.0. The van der Waals surface area contributed by atoms with Gasteiger partial charge in [0.1, 0.15) is 10.8 Å². The third-order valence-corrected chi connectivity index (χ3v) is 5.90. The first-order valence-corrected chi connectivity index (χ1v) is 9.24. The Hall–Kier alpha value is -1.70. The summed E-state index contributed by atoms with van der Waals surface area (Å²) in [7, 11) is 0. The van der Waals surface area contributed by atoms with Crippen LogP contribution < -0.4 is 9.64 Å². The second-order valence-electron chi connectivity index (χ2n) is 6.30. The standard InChI is InChI=1S/C17H22N4O2S/c1-12(14-3-2-13-4-9-23-15(13)10-14)20-5-7-21(8-6-20)17-19-18-16(11-22)24-17/h2-3,10,12,22H,4-9,11H2,1H3/t12-/m1/s1. The molecule has 4 rings (SSSR count). The number of benzene rings is 1. The van der Waals surface area contributed by atoms with Gasteiger partial charge in [0.25, 0.3) is 0 Å². The quantitative estimate of drug-likeness (QED) is 0.912. The van der Waals surface area contributed by atoms with Gasteiger partial charge in [-0.2, -0.15) is 0 Å². The Balaban J connectivity index is 1.40. The molecule has 3 heterocycles. The third kappa shape index (κ3) is 2.99. The maximum absolute atomic E-state index is 9.13. The summed E-state index contributed by atoms with van der Waals surface area (Å²) in [6, 6.07) is 7.03. The predicted octanol–water partition coefficient (Wildman–Crippen LogP) is 1.85. The van der Waals surface area contributed by atoms with Crippen LogP contribution in [0.3, 0.4) is 0 Å². The number of aliphatic hydroxyl groups is 1. The molecule has 2 aromatic rings. The highest BCUT2D eigenvalue weighted by Gasteiger charge is 2.25. The van der Waals surface area contributed by atoms with Crippen molar-refractivity contribution in [1.82, 2.24) is 15.1 Å². The summed E-state index contributed by atoms with van der Waals surface area (Å²) in [6.45, 7) is 6.90. The summed E-state index contributed by atoms with van der Waals surface area (Å²) >= 11 is 1.48. The molecule has 1 atom stereocenters. The van der Waals surface area contributed by atoms with Crippen molar-refractivity contribution in [3.8, 4) is 5.75 Å². The molecule has 0 unspecified atom stereocenters. The Kier molecular flexibility index (Phi) is 4.39. The predicted molar refractivity (Wildman–Crippen MR) is 93.7 cm³/mol. The van der Waals surface area contributed by atoms with Crippen LogP contribution in [0.25, 0.3) is 0 Å². The Morgan fingerprint density at radius 3 is 2.83 bits per heavy atom. The van der Waals surface area contributed by atoms with Gasteiger partial charge in [0, 0.05) is 38.6 Å². The average Bonchev–Trinajstić information content (AvgIpc) is 3.29. The van der Waals surface area contributed by atoms with Gasteiger partial charge in [0.05, 0.1) is 13.2 Å². The summed E-state index contributed by atoms with van der Waals surface area (Å²) in [6.07, 6.45) is 1.03. The molecule has 7 heteroatoms. The first-order valence-electron chi connectivity index (χ1n) is 8.42. The van der Waals surface area contributed by atoms with E-state index in [0.29, 0.717) is 11.0 Å². The van der Waals surface area contributed by atoms with E-state index in [2.05, 4.69) is 45.1 Å². The van der Waals surface area contributed by atoms with Crippen LogP contribution in [-0.4, -0.2) is 53.0 Å². The van der Waals surface area contributed by atoms with Crippen molar-refractivity contribution >= 4 is 16.5 Å². The zero-order valence-corrected chi connectivity index (χ0v) is 14.6. The number of fused-ring (bicyclic) bond motifs is 1. The molecule has 2 aliphatic rings. The first kappa shape index (κ1) is 15.8. The van der Waals surface area contributed by atoms with Crippen molar-refractivity contribution in [3.05, 3.63) is 34.3 Å². The van der Waals surface area contributed by atoms with E-state index in [1.807, 2.05) is 0 Å². The fraction of sp³-hybridized carbons (Fsp3) is 0.529. The van der Waals surface area contributed by atoms with Crippen molar-refractivity contribution in [2.24, 2.45) is 0 Å². The van der Waals surface area contributed by atoms with E-state index in [9.17, 15) is 0 Å². The van der Waals surface area contributed by atoms with Gasteiger partial charge in [-0.05, 0) is 24.1 Å². The minimum absolute atomic E-state index is 0.0327. The highest BCUT2D eigenvalue weighted by molar-refractivity contribution is 7.15. The zero-order chi connectivity index (χ0) is 16.5. The van der Waals surface area contributed by atoms with Crippen LogP contribution in [0.5, 0.6) is 5.75 Å². The summed E-state index contributed by atoms with van der Waals surface area (Å²) in [4.78, 5) is 4.76. The Morgan fingerprint density at radius 2 is 2.08 bits per heavy atom. The number of anilines is 1. The molecule has 0 bridgehead atoms. The van der Waals surface area contributed by atoms with Gasteiger partial charge in [-0.25, -0.2) is 0 Å². The minimum Gasteiger partial charge on any atom is -0.493 e. The van der Waals surface area contributed by atoms with Gasteiger partial charge in [-0.3, -0.25) is 4.90 Å². The van der Waals surface area contributed by atoms with Gasteiger partial charge in [-0.1, -0.05) is 23.5 Å². The van der Waals surface area contributed by atoms with Gasteiger partial charge < -0.3 is 14.7 Å². The topological polar surface area (TPSA) is 61.7 Å². The zero-order valence-electron chi connectivity index (χ0n) is 13.8. The molecule has 0 saturated carbocycles. The van der Waals surface area contributed by atoms with Crippen molar-refractivity contribution in [1.29, 1.82) is 0 Å². The number of ether oxygens (including phenoxy) is 1. The molecular weight excluding hydrogens is 324 g/mol. The maximum Gasteiger partial charge on any atom is 0.208 e. The van der Waals surface area contributed by atoms with Crippen molar-refractivity contribution in [2.45, 2.75) is 26.0 Å². The molecular formula is C17H22N4O2S. The van der Waals surface area contributed by atoms with Crippen LogP contribution in [0.4, 0.5) is 5.13 Å². The molecule has 24 heavy (non-hydrogen) atoms. The van der Waals surface area contributed by atoms with Crippen LogP contribution in [0, 0.1) is 0 Å². The van der Waals surface area contributed by atoms with E-state index in [4.69, 9.17) is 9.84 Å². The number of piperazine rings is 1. The molecule has 1 N–H and O–H groups in total. The molecule has 0 spiro atoms. The van der Waals surface area contributed by atoms with E-state index in [0.717, 1.165) is 50.1 Å². The Labute approximate surface area is 145 Å². The van der Waals surface area contributed by atoms with Crippen LogP contribution in [0.15, 0.2) is 18.2 Å². The smallest absolute Gasteiger partial charge is 0.208 e. The molecule has 0 radical (unpaired) electrons. The lowest BCUT2D eigenvalue weighted by molar-refractivity contribution is 0.198. The Bertz CT molecular complexity index is 712. The number of hydrogen-bond acceptors (Lipinski definition) is 7. The van der Waals surface area contributed by atoms with Crippen LogP contribution in [0.1, 0.15) is 29.1 Å². The second kappa shape index (κ2) is 6.66. The van der Waals surface area contributed by atoms with Gasteiger partial charge >= 0.3 is 0 Å².